The second kappa shape index (κ2) is 6.11. The van der Waals surface area contributed by atoms with Gasteiger partial charge in [-0.2, -0.15) is 0 Å². The van der Waals surface area contributed by atoms with Gasteiger partial charge in [0.15, 0.2) is 0 Å². The number of amides is 1. The van der Waals surface area contributed by atoms with Gasteiger partial charge in [0, 0.05) is 5.69 Å². The zero-order valence-corrected chi connectivity index (χ0v) is 10.2. The molecule has 0 spiro atoms. The van der Waals surface area contributed by atoms with E-state index in [9.17, 15) is 14.0 Å². The Bertz CT molecular complexity index is 463. The van der Waals surface area contributed by atoms with Crippen LogP contribution in [0.1, 0.15) is 12.5 Å². The van der Waals surface area contributed by atoms with Gasteiger partial charge in [-0.1, -0.05) is 6.07 Å². The van der Waals surface area contributed by atoms with Gasteiger partial charge in [0.05, 0.1) is 6.54 Å². The fourth-order valence-electron chi connectivity index (χ4n) is 1.21. The molecule has 1 atom stereocenters. The first-order valence-corrected chi connectivity index (χ1v) is 5.42. The fraction of sp³-hybridized carbons (Fsp3) is 0.333. The number of nitrogens with one attached hydrogen (secondary N) is 2. The molecule has 0 saturated carbocycles. The molecule has 98 valence electrons. The number of hydrogen-bond donors (Lipinski definition) is 3. The van der Waals surface area contributed by atoms with Gasteiger partial charge in [0.25, 0.3) is 0 Å². The van der Waals surface area contributed by atoms with E-state index in [4.69, 9.17) is 5.11 Å². The van der Waals surface area contributed by atoms with Crippen molar-refractivity contribution in [3.63, 3.8) is 0 Å². The van der Waals surface area contributed by atoms with Crippen molar-refractivity contribution in [1.82, 2.24) is 5.32 Å². The van der Waals surface area contributed by atoms with Crippen molar-refractivity contribution in [1.29, 1.82) is 0 Å². The number of carboxylic acids is 1. The lowest BCUT2D eigenvalue weighted by Crippen LogP contribution is -2.39. The maximum atomic E-state index is 13.2. The van der Waals surface area contributed by atoms with E-state index in [-0.39, 0.29) is 6.54 Å². The summed E-state index contributed by atoms with van der Waals surface area (Å²) in [5, 5.41) is 13.6. The van der Waals surface area contributed by atoms with Crippen molar-refractivity contribution in [2.75, 3.05) is 11.9 Å². The van der Waals surface area contributed by atoms with E-state index >= 15 is 0 Å². The van der Waals surface area contributed by atoms with Crippen molar-refractivity contribution >= 4 is 17.6 Å². The van der Waals surface area contributed by atoms with Gasteiger partial charge in [-0.3, -0.25) is 14.9 Å². The Hall–Kier alpha value is -1.95. The van der Waals surface area contributed by atoms with Crippen LogP contribution in [0.25, 0.3) is 0 Å². The lowest BCUT2D eigenvalue weighted by atomic mass is 10.2. The summed E-state index contributed by atoms with van der Waals surface area (Å²) in [5.74, 6) is -1.87. The number of halogens is 1. The minimum absolute atomic E-state index is 0.150. The molecule has 5 nitrogen and oxygen atoms in total. The lowest BCUT2D eigenvalue weighted by Gasteiger charge is -2.10. The summed E-state index contributed by atoms with van der Waals surface area (Å²) in [5.41, 5.74) is 0.832. The summed E-state index contributed by atoms with van der Waals surface area (Å²) >= 11 is 0. The zero-order valence-electron chi connectivity index (χ0n) is 10.2. The van der Waals surface area contributed by atoms with Crippen LogP contribution in [0, 0.1) is 12.7 Å². The second-order valence-corrected chi connectivity index (χ2v) is 3.95. The molecule has 0 radical (unpaired) electrons. The number of rotatable bonds is 5. The number of carbonyl (C=O) groups excluding carboxylic acids is 1. The van der Waals surface area contributed by atoms with Crippen molar-refractivity contribution in [3.05, 3.63) is 29.6 Å². The van der Waals surface area contributed by atoms with Gasteiger partial charge in [-0.05, 0) is 31.5 Å². The number of aliphatic carboxylic acids is 1. The average molecular weight is 254 g/mol. The van der Waals surface area contributed by atoms with Gasteiger partial charge < -0.3 is 10.4 Å². The molecule has 0 fully saturated rings. The number of anilines is 1. The van der Waals surface area contributed by atoms with Gasteiger partial charge in [-0.25, -0.2) is 4.39 Å². The Kier molecular flexibility index (Phi) is 4.79. The Labute approximate surface area is 104 Å². The molecule has 0 bridgehead atoms. The van der Waals surface area contributed by atoms with Crippen LogP contribution in [0.4, 0.5) is 10.1 Å². The predicted molar refractivity (Wildman–Crippen MR) is 64.9 cm³/mol. The third-order valence-electron chi connectivity index (χ3n) is 2.39. The summed E-state index contributed by atoms with van der Waals surface area (Å²) in [4.78, 5) is 22.0. The molecule has 3 N–H and O–H groups in total. The number of aryl methyl sites for hydroxylation is 1. The number of carboxylic acid groups (broad SMARTS) is 1. The summed E-state index contributed by atoms with van der Waals surface area (Å²) in [7, 11) is 0. The van der Waals surface area contributed by atoms with E-state index in [2.05, 4.69) is 10.6 Å². The van der Waals surface area contributed by atoms with Crippen molar-refractivity contribution < 1.29 is 19.1 Å². The van der Waals surface area contributed by atoms with Crippen LogP contribution in [-0.4, -0.2) is 29.6 Å². The molecule has 0 aromatic heterocycles. The summed E-state index contributed by atoms with van der Waals surface area (Å²) in [6.45, 7) is 2.90. The Morgan fingerprint density at radius 3 is 2.67 bits per heavy atom. The molecular weight excluding hydrogens is 239 g/mol. The molecule has 0 saturated heterocycles. The maximum Gasteiger partial charge on any atom is 0.320 e. The van der Waals surface area contributed by atoms with Gasteiger partial charge in [-0.15, -0.1) is 0 Å². The Morgan fingerprint density at radius 2 is 2.11 bits per heavy atom. The van der Waals surface area contributed by atoms with E-state index in [1.807, 2.05) is 0 Å². The SMILES string of the molecule is Cc1ccc(NC(=O)CN[C@H](C)C(=O)O)cc1F. The van der Waals surface area contributed by atoms with Crippen LogP contribution >= 0.6 is 0 Å². The molecular formula is C12H15FN2O3. The van der Waals surface area contributed by atoms with Gasteiger partial charge in [0.2, 0.25) is 5.91 Å². The van der Waals surface area contributed by atoms with Crippen LogP contribution in [0.2, 0.25) is 0 Å². The highest BCUT2D eigenvalue weighted by molar-refractivity contribution is 5.92. The number of hydrogen-bond acceptors (Lipinski definition) is 3. The van der Waals surface area contributed by atoms with Crippen LogP contribution in [-0.2, 0) is 9.59 Å². The third kappa shape index (κ3) is 4.14. The van der Waals surface area contributed by atoms with E-state index < -0.39 is 23.7 Å². The second-order valence-electron chi connectivity index (χ2n) is 3.95. The summed E-state index contributed by atoms with van der Waals surface area (Å²) in [6.07, 6.45) is 0. The Morgan fingerprint density at radius 1 is 1.44 bits per heavy atom. The average Bonchev–Trinajstić information content (AvgIpc) is 2.30. The van der Waals surface area contributed by atoms with Crippen LogP contribution in [0.15, 0.2) is 18.2 Å². The topological polar surface area (TPSA) is 78.4 Å². The molecule has 0 aliphatic heterocycles. The smallest absolute Gasteiger partial charge is 0.320 e. The quantitative estimate of drug-likeness (QED) is 0.736. The van der Waals surface area contributed by atoms with E-state index in [1.54, 1.807) is 19.1 Å². The molecule has 0 unspecified atom stereocenters. The molecule has 0 aliphatic carbocycles. The van der Waals surface area contributed by atoms with E-state index in [0.717, 1.165) is 0 Å². The fourth-order valence-corrected chi connectivity index (χ4v) is 1.21. The largest absolute Gasteiger partial charge is 0.480 e. The first-order chi connectivity index (χ1) is 8.40. The summed E-state index contributed by atoms with van der Waals surface area (Å²) in [6, 6.07) is 3.54. The zero-order chi connectivity index (χ0) is 13.7. The molecule has 1 amide bonds. The first-order valence-electron chi connectivity index (χ1n) is 5.42. The highest BCUT2D eigenvalue weighted by Crippen LogP contribution is 2.13. The van der Waals surface area contributed by atoms with Crippen molar-refractivity contribution in [3.8, 4) is 0 Å². The highest BCUT2D eigenvalue weighted by atomic mass is 19.1. The third-order valence-corrected chi connectivity index (χ3v) is 2.39. The molecule has 1 aromatic rings. The molecule has 0 aliphatic rings. The van der Waals surface area contributed by atoms with Crippen molar-refractivity contribution in [2.45, 2.75) is 19.9 Å². The standard InChI is InChI=1S/C12H15FN2O3/c1-7-3-4-9(5-10(7)13)15-11(16)6-14-8(2)12(17)18/h3-5,8,14H,6H2,1-2H3,(H,15,16)(H,17,18)/t8-/m1/s1. The predicted octanol–water partition coefficient (Wildman–Crippen LogP) is 1.14. The molecule has 0 heterocycles. The van der Waals surface area contributed by atoms with E-state index in [0.29, 0.717) is 11.3 Å². The minimum atomic E-state index is -1.04. The Balaban J connectivity index is 2.49. The number of benzene rings is 1. The van der Waals surface area contributed by atoms with Crippen LogP contribution in [0.3, 0.4) is 0 Å². The van der Waals surface area contributed by atoms with Crippen LogP contribution in [0.5, 0.6) is 0 Å². The monoisotopic (exact) mass is 254 g/mol. The van der Waals surface area contributed by atoms with Gasteiger partial charge >= 0.3 is 5.97 Å². The van der Waals surface area contributed by atoms with Gasteiger partial charge in [0.1, 0.15) is 11.9 Å². The van der Waals surface area contributed by atoms with Crippen molar-refractivity contribution in [2.24, 2.45) is 0 Å². The highest BCUT2D eigenvalue weighted by Gasteiger charge is 2.11. The van der Waals surface area contributed by atoms with Crippen LogP contribution < -0.4 is 10.6 Å². The molecule has 6 heteroatoms. The number of carbonyl (C=O) groups is 2. The molecule has 1 rings (SSSR count). The lowest BCUT2D eigenvalue weighted by molar-refractivity contribution is -0.139. The molecule has 1 aromatic carbocycles. The first kappa shape index (κ1) is 14.1. The normalized spacial score (nSPS) is 11.9. The summed E-state index contributed by atoms with van der Waals surface area (Å²) < 4.78 is 13.2. The van der Waals surface area contributed by atoms with E-state index in [1.165, 1.54) is 13.0 Å². The minimum Gasteiger partial charge on any atom is -0.480 e. The maximum absolute atomic E-state index is 13.2. The molecule has 18 heavy (non-hydrogen) atoms.